The van der Waals surface area contributed by atoms with Crippen LogP contribution in [0, 0.1) is 0 Å². The van der Waals surface area contributed by atoms with E-state index in [1.807, 2.05) is 0 Å². The van der Waals surface area contributed by atoms with Crippen molar-refractivity contribution in [2.45, 2.75) is 38.9 Å². The molecule has 0 atom stereocenters. The van der Waals surface area contributed by atoms with E-state index in [-0.39, 0.29) is 5.91 Å². The van der Waals surface area contributed by atoms with Crippen molar-refractivity contribution in [2.24, 2.45) is 0 Å². The minimum absolute atomic E-state index is 0.123. The fraction of sp³-hybridized carbons (Fsp3) is 0.875. The van der Waals surface area contributed by atoms with Gasteiger partial charge in [0.2, 0.25) is 5.91 Å². The summed E-state index contributed by atoms with van der Waals surface area (Å²) < 4.78 is 0. The minimum Gasteiger partial charge on any atom is -0.324 e. The molecule has 0 spiro atoms. The third-order valence-electron chi connectivity index (χ3n) is 2.65. The summed E-state index contributed by atoms with van der Waals surface area (Å²) in [4.78, 5) is 13.0. The van der Waals surface area contributed by atoms with Gasteiger partial charge in [-0.15, -0.1) is 10.3 Å². The highest BCUT2D eigenvalue weighted by Gasteiger charge is 2.55. The molecule has 1 fully saturated rings. The summed E-state index contributed by atoms with van der Waals surface area (Å²) in [5, 5.41) is 12.5. The molecule has 4 heteroatoms. The SMILES string of the molecule is CN1C(=O)C(C)(C)N([O])C1(C)C. The Morgan fingerprint density at radius 3 is 1.67 bits per heavy atom. The standard InChI is InChI=1S/C8H15N2O2/c1-7(2)6(11)9(5)8(3,4)10(7)12/h1-5H3. The molecule has 0 saturated carbocycles. The number of amides is 1. The van der Waals surface area contributed by atoms with Crippen molar-refractivity contribution in [1.29, 1.82) is 0 Å². The van der Waals surface area contributed by atoms with Gasteiger partial charge in [-0.05, 0) is 27.7 Å². The van der Waals surface area contributed by atoms with Crippen LogP contribution >= 0.6 is 0 Å². The first kappa shape index (κ1) is 9.48. The van der Waals surface area contributed by atoms with Crippen LogP contribution in [0.15, 0.2) is 0 Å². The molecule has 1 aliphatic rings. The van der Waals surface area contributed by atoms with E-state index in [9.17, 15) is 10.0 Å². The predicted octanol–water partition coefficient (Wildman–Crippen LogP) is 0.621. The van der Waals surface area contributed by atoms with Gasteiger partial charge < -0.3 is 4.90 Å². The number of hydrogen-bond donors (Lipinski definition) is 0. The topological polar surface area (TPSA) is 43.5 Å². The zero-order valence-electron chi connectivity index (χ0n) is 8.21. The molecule has 1 radical (unpaired) electrons. The molecule has 0 bridgehead atoms. The summed E-state index contributed by atoms with van der Waals surface area (Å²) in [7, 11) is 1.65. The van der Waals surface area contributed by atoms with Crippen LogP contribution in [0.25, 0.3) is 0 Å². The molecule has 0 unspecified atom stereocenters. The van der Waals surface area contributed by atoms with Crippen molar-refractivity contribution in [3.63, 3.8) is 0 Å². The van der Waals surface area contributed by atoms with Crippen LogP contribution in [0.1, 0.15) is 27.7 Å². The third kappa shape index (κ3) is 0.881. The fourth-order valence-electron chi connectivity index (χ4n) is 1.57. The van der Waals surface area contributed by atoms with Gasteiger partial charge in [0, 0.05) is 7.05 Å². The number of nitrogens with zero attached hydrogens (tertiary/aromatic N) is 2. The van der Waals surface area contributed by atoms with Crippen molar-refractivity contribution in [3.8, 4) is 0 Å². The molecule has 1 saturated heterocycles. The molecule has 1 rings (SSSR count). The quantitative estimate of drug-likeness (QED) is 0.536. The molecule has 0 aromatic rings. The molecule has 12 heavy (non-hydrogen) atoms. The second-order valence-electron chi connectivity index (χ2n) is 4.21. The van der Waals surface area contributed by atoms with Gasteiger partial charge in [-0.25, -0.2) is 0 Å². The van der Waals surface area contributed by atoms with Gasteiger partial charge in [0.05, 0.1) is 0 Å². The van der Waals surface area contributed by atoms with Gasteiger partial charge in [-0.1, -0.05) is 0 Å². The Kier molecular flexibility index (Phi) is 1.74. The van der Waals surface area contributed by atoms with Crippen molar-refractivity contribution in [2.75, 3.05) is 7.05 Å². The number of likely N-dealkylation sites (N-methyl/N-ethyl adjacent to an activating group) is 1. The van der Waals surface area contributed by atoms with E-state index in [4.69, 9.17) is 0 Å². The van der Waals surface area contributed by atoms with E-state index < -0.39 is 11.2 Å². The maximum Gasteiger partial charge on any atom is 0.246 e. The zero-order valence-corrected chi connectivity index (χ0v) is 8.21. The van der Waals surface area contributed by atoms with Crippen LogP contribution in [-0.4, -0.2) is 34.1 Å². The van der Waals surface area contributed by atoms with Crippen LogP contribution in [0.2, 0.25) is 0 Å². The number of carbonyl (C=O) groups is 1. The normalized spacial score (nSPS) is 28.2. The Morgan fingerprint density at radius 1 is 1.17 bits per heavy atom. The van der Waals surface area contributed by atoms with E-state index in [0.717, 1.165) is 5.06 Å². The van der Waals surface area contributed by atoms with Gasteiger partial charge in [-0.2, -0.15) is 0 Å². The van der Waals surface area contributed by atoms with Gasteiger partial charge >= 0.3 is 0 Å². The number of rotatable bonds is 0. The molecule has 69 valence electrons. The smallest absolute Gasteiger partial charge is 0.246 e. The second kappa shape index (κ2) is 2.20. The third-order valence-corrected chi connectivity index (χ3v) is 2.65. The maximum absolute atomic E-state index is 11.6. The molecule has 4 nitrogen and oxygen atoms in total. The summed E-state index contributed by atoms with van der Waals surface area (Å²) in [6.45, 7) is 6.78. The number of carbonyl (C=O) groups excluding carboxylic acids is 1. The lowest BCUT2D eigenvalue weighted by Crippen LogP contribution is -2.48. The van der Waals surface area contributed by atoms with E-state index in [1.165, 1.54) is 4.90 Å². The van der Waals surface area contributed by atoms with Crippen LogP contribution < -0.4 is 0 Å². The second-order valence-corrected chi connectivity index (χ2v) is 4.21. The Labute approximate surface area is 72.7 Å². The van der Waals surface area contributed by atoms with Gasteiger partial charge in [-0.3, -0.25) is 4.79 Å². The van der Waals surface area contributed by atoms with Gasteiger partial charge in [0.25, 0.3) is 0 Å². The van der Waals surface area contributed by atoms with Crippen LogP contribution in [-0.2, 0) is 10.0 Å². The molecular formula is C8H15N2O2. The van der Waals surface area contributed by atoms with Crippen molar-refractivity contribution >= 4 is 5.91 Å². The zero-order chi connectivity index (χ0) is 9.73. The molecule has 1 aliphatic heterocycles. The first-order valence-corrected chi connectivity index (χ1v) is 3.98. The average Bonchev–Trinajstić information content (AvgIpc) is 2.06. The Morgan fingerprint density at radius 2 is 1.58 bits per heavy atom. The minimum atomic E-state index is -0.918. The van der Waals surface area contributed by atoms with E-state index >= 15 is 0 Å². The molecule has 1 heterocycles. The molecule has 1 amide bonds. The van der Waals surface area contributed by atoms with Crippen molar-refractivity contribution < 1.29 is 10.0 Å². The molecule has 0 aromatic carbocycles. The Bertz CT molecular complexity index is 223. The van der Waals surface area contributed by atoms with Crippen molar-refractivity contribution in [1.82, 2.24) is 9.96 Å². The van der Waals surface area contributed by atoms with Crippen LogP contribution in [0.4, 0.5) is 0 Å². The highest BCUT2D eigenvalue weighted by molar-refractivity contribution is 5.88. The van der Waals surface area contributed by atoms with E-state index in [0.29, 0.717) is 0 Å². The highest BCUT2D eigenvalue weighted by atomic mass is 16.5. The monoisotopic (exact) mass is 171 g/mol. The summed E-state index contributed by atoms with van der Waals surface area (Å²) in [6.07, 6.45) is 0. The number of hydrogen-bond acceptors (Lipinski definition) is 2. The lowest BCUT2D eigenvalue weighted by atomic mass is 10.1. The predicted molar refractivity (Wildman–Crippen MR) is 43.5 cm³/mol. The van der Waals surface area contributed by atoms with Gasteiger partial charge in [0.15, 0.2) is 0 Å². The van der Waals surface area contributed by atoms with E-state index in [2.05, 4.69) is 0 Å². The molecule has 0 aromatic heterocycles. The number of hydroxylamine groups is 2. The summed E-state index contributed by atoms with van der Waals surface area (Å²) >= 11 is 0. The lowest BCUT2D eigenvalue weighted by Gasteiger charge is -2.31. The Balaban J connectivity index is 3.12. The Hall–Kier alpha value is -0.610. The first-order chi connectivity index (χ1) is 5.22. The summed E-state index contributed by atoms with van der Waals surface area (Å²) in [6, 6.07) is 0. The average molecular weight is 171 g/mol. The highest BCUT2D eigenvalue weighted by Crippen LogP contribution is 2.35. The van der Waals surface area contributed by atoms with Crippen LogP contribution in [0.5, 0.6) is 0 Å². The summed E-state index contributed by atoms with van der Waals surface area (Å²) in [5.41, 5.74) is -1.64. The summed E-state index contributed by atoms with van der Waals surface area (Å²) in [5.74, 6) is -0.123. The van der Waals surface area contributed by atoms with Crippen LogP contribution in [0.3, 0.4) is 0 Å². The maximum atomic E-state index is 11.6. The molecule has 0 aliphatic carbocycles. The molecular weight excluding hydrogens is 156 g/mol. The van der Waals surface area contributed by atoms with Crippen molar-refractivity contribution in [3.05, 3.63) is 0 Å². The molecule has 0 N–H and O–H groups in total. The van der Waals surface area contributed by atoms with Gasteiger partial charge in [0.1, 0.15) is 11.2 Å². The largest absolute Gasteiger partial charge is 0.324 e. The first-order valence-electron chi connectivity index (χ1n) is 3.98. The lowest BCUT2D eigenvalue weighted by molar-refractivity contribution is -0.256. The fourth-order valence-corrected chi connectivity index (χ4v) is 1.57. The van der Waals surface area contributed by atoms with E-state index in [1.54, 1.807) is 34.7 Å².